The number of nitrogens with zero attached hydrogens (tertiary/aromatic N) is 3. The van der Waals surface area contributed by atoms with Gasteiger partial charge >= 0.3 is 5.69 Å². The highest BCUT2D eigenvalue weighted by molar-refractivity contribution is 5.94. The van der Waals surface area contributed by atoms with Gasteiger partial charge in [-0.1, -0.05) is 12.1 Å². The predicted octanol–water partition coefficient (Wildman–Crippen LogP) is 2.62. The number of nitro benzene ring substituents is 1. The van der Waals surface area contributed by atoms with Gasteiger partial charge in [0.2, 0.25) is 5.52 Å². The number of fused-ring (bicyclic) bond motifs is 1. The highest BCUT2D eigenvalue weighted by atomic mass is 16.6. The first kappa shape index (κ1) is 13.7. The van der Waals surface area contributed by atoms with Gasteiger partial charge in [-0.2, -0.15) is 0 Å². The summed E-state index contributed by atoms with van der Waals surface area (Å²) in [7, 11) is 0. The number of non-ortho nitro benzene ring substituents is 1. The van der Waals surface area contributed by atoms with E-state index in [9.17, 15) is 14.9 Å². The van der Waals surface area contributed by atoms with Gasteiger partial charge in [0.15, 0.2) is 5.52 Å². The van der Waals surface area contributed by atoms with Crippen LogP contribution in [0.25, 0.3) is 11.0 Å². The van der Waals surface area contributed by atoms with Crippen LogP contribution in [0, 0.1) is 10.1 Å². The molecule has 2 aromatic carbocycles. The number of aromatic nitrogens is 2. The first-order chi connectivity index (χ1) is 10.7. The van der Waals surface area contributed by atoms with Gasteiger partial charge in [0.05, 0.1) is 10.6 Å². The third kappa shape index (κ3) is 2.49. The average Bonchev–Trinajstić information content (AvgIpc) is 2.99. The molecule has 0 saturated carbocycles. The van der Waals surface area contributed by atoms with Crippen LogP contribution in [0.15, 0.2) is 41.0 Å². The Balaban J connectivity index is 1.94. The fourth-order valence-corrected chi connectivity index (χ4v) is 2.08. The monoisotopic (exact) mass is 298 g/mol. The van der Waals surface area contributed by atoms with Crippen molar-refractivity contribution in [3.05, 3.63) is 52.1 Å². The number of anilines is 2. The summed E-state index contributed by atoms with van der Waals surface area (Å²) in [4.78, 5) is 20.8. The summed E-state index contributed by atoms with van der Waals surface area (Å²) < 4.78 is 4.60. The normalized spacial score (nSPS) is 10.5. The van der Waals surface area contributed by atoms with Gasteiger partial charge in [0.25, 0.3) is 0 Å². The summed E-state index contributed by atoms with van der Waals surface area (Å²) in [6, 6.07) is 10.1. The van der Waals surface area contributed by atoms with E-state index in [0.29, 0.717) is 12.1 Å². The lowest BCUT2D eigenvalue weighted by Gasteiger charge is -2.07. The minimum Gasteiger partial charge on any atom is -0.354 e. The van der Waals surface area contributed by atoms with Gasteiger partial charge in [-0.3, -0.25) is 10.1 Å². The molecule has 1 heterocycles. The Hall–Kier alpha value is -3.29. The van der Waals surface area contributed by atoms with E-state index in [4.69, 9.17) is 0 Å². The molecule has 0 radical (unpaired) electrons. The Morgan fingerprint density at radius 1 is 1.14 bits per heavy atom. The molecular formula is C14H10N4O4. The Morgan fingerprint density at radius 2 is 1.86 bits per heavy atom. The van der Waals surface area contributed by atoms with Crippen LogP contribution in [0.3, 0.4) is 0 Å². The third-order valence-corrected chi connectivity index (χ3v) is 3.14. The van der Waals surface area contributed by atoms with Crippen molar-refractivity contribution in [2.45, 2.75) is 6.42 Å². The summed E-state index contributed by atoms with van der Waals surface area (Å²) in [5, 5.41) is 21.3. The Bertz CT molecular complexity index is 842. The van der Waals surface area contributed by atoms with Crippen LogP contribution in [0.4, 0.5) is 17.1 Å². The van der Waals surface area contributed by atoms with E-state index in [2.05, 4.69) is 20.3 Å². The fourth-order valence-electron chi connectivity index (χ4n) is 2.08. The zero-order valence-electron chi connectivity index (χ0n) is 11.2. The average molecular weight is 298 g/mol. The number of nitro groups is 1. The molecule has 0 aliphatic carbocycles. The lowest BCUT2D eigenvalue weighted by molar-refractivity contribution is -0.383. The van der Waals surface area contributed by atoms with Crippen LogP contribution in [0.5, 0.6) is 0 Å². The van der Waals surface area contributed by atoms with E-state index in [1.807, 2.05) is 12.1 Å². The second-order valence-corrected chi connectivity index (χ2v) is 4.54. The smallest absolute Gasteiger partial charge is 0.300 e. The van der Waals surface area contributed by atoms with Crippen molar-refractivity contribution in [3.63, 3.8) is 0 Å². The highest BCUT2D eigenvalue weighted by Gasteiger charge is 2.19. The molecule has 3 aromatic rings. The summed E-state index contributed by atoms with van der Waals surface area (Å²) in [6.45, 7) is 0. The van der Waals surface area contributed by atoms with E-state index >= 15 is 0 Å². The van der Waals surface area contributed by atoms with Gasteiger partial charge in [0, 0.05) is 18.2 Å². The van der Waals surface area contributed by atoms with Crippen LogP contribution < -0.4 is 5.32 Å². The summed E-state index contributed by atoms with van der Waals surface area (Å²) in [5.41, 5.74) is 2.41. The molecule has 0 bridgehead atoms. The molecule has 0 aliphatic rings. The Morgan fingerprint density at radius 3 is 2.55 bits per heavy atom. The zero-order chi connectivity index (χ0) is 15.5. The lowest BCUT2D eigenvalue weighted by Crippen LogP contribution is -1.95. The fraction of sp³-hybridized carbons (Fsp3) is 0.0714. The molecule has 0 saturated heterocycles. The van der Waals surface area contributed by atoms with Crippen molar-refractivity contribution >= 4 is 34.4 Å². The molecule has 1 aromatic heterocycles. The number of aldehydes is 1. The van der Waals surface area contributed by atoms with E-state index < -0.39 is 4.92 Å². The molecule has 8 heteroatoms. The van der Waals surface area contributed by atoms with E-state index in [1.165, 1.54) is 6.07 Å². The number of nitrogens with one attached hydrogen (secondary N) is 1. The first-order valence-electron chi connectivity index (χ1n) is 6.38. The first-order valence-corrected chi connectivity index (χ1v) is 6.38. The number of rotatable bonds is 5. The summed E-state index contributed by atoms with van der Waals surface area (Å²) in [5.74, 6) is 0. The SMILES string of the molecule is O=CCc1ccc(Nc2ccc([N+](=O)[O-])c3nonc23)cc1. The summed E-state index contributed by atoms with van der Waals surface area (Å²) in [6.07, 6.45) is 1.19. The molecule has 1 N–H and O–H groups in total. The van der Waals surface area contributed by atoms with Gasteiger partial charge in [-0.25, -0.2) is 4.63 Å². The quantitative estimate of drug-likeness (QED) is 0.437. The molecule has 110 valence electrons. The Kier molecular flexibility index (Phi) is 3.48. The van der Waals surface area contributed by atoms with Gasteiger partial charge < -0.3 is 10.1 Å². The van der Waals surface area contributed by atoms with Gasteiger partial charge in [-0.05, 0) is 34.1 Å². The number of carbonyl (C=O) groups excluding carboxylic acids is 1. The summed E-state index contributed by atoms with van der Waals surface area (Å²) >= 11 is 0. The number of benzene rings is 2. The Labute approximate surface area is 123 Å². The second kappa shape index (κ2) is 5.60. The highest BCUT2D eigenvalue weighted by Crippen LogP contribution is 2.30. The minimum atomic E-state index is -0.537. The molecule has 8 nitrogen and oxygen atoms in total. The maximum Gasteiger partial charge on any atom is 0.300 e. The maximum absolute atomic E-state index is 10.9. The van der Waals surface area contributed by atoms with Gasteiger partial charge in [-0.15, -0.1) is 0 Å². The predicted molar refractivity (Wildman–Crippen MR) is 78.0 cm³/mol. The van der Waals surface area contributed by atoms with Crippen LogP contribution in [-0.2, 0) is 11.2 Å². The molecule has 0 atom stereocenters. The topological polar surface area (TPSA) is 111 Å². The van der Waals surface area contributed by atoms with Gasteiger partial charge in [0.1, 0.15) is 6.29 Å². The largest absolute Gasteiger partial charge is 0.354 e. The van der Waals surface area contributed by atoms with Crippen LogP contribution in [0.2, 0.25) is 0 Å². The standard InChI is InChI=1S/C14H10N4O4/c19-8-7-9-1-3-10(4-2-9)15-11-5-6-12(18(20)21)14-13(11)16-22-17-14/h1-6,8,15H,7H2. The number of hydrogen-bond donors (Lipinski definition) is 1. The van der Waals surface area contributed by atoms with E-state index in [-0.39, 0.29) is 16.7 Å². The van der Waals surface area contributed by atoms with E-state index in [0.717, 1.165) is 17.5 Å². The third-order valence-electron chi connectivity index (χ3n) is 3.14. The van der Waals surface area contributed by atoms with E-state index in [1.54, 1.807) is 18.2 Å². The molecule has 0 spiro atoms. The minimum absolute atomic E-state index is 0.0903. The van der Waals surface area contributed by atoms with Crippen molar-refractivity contribution in [3.8, 4) is 0 Å². The second-order valence-electron chi connectivity index (χ2n) is 4.54. The molecule has 3 rings (SSSR count). The molecule has 22 heavy (non-hydrogen) atoms. The van der Waals surface area contributed by atoms with Crippen LogP contribution in [0.1, 0.15) is 5.56 Å². The van der Waals surface area contributed by atoms with Crippen molar-refractivity contribution in [2.75, 3.05) is 5.32 Å². The number of hydrogen-bond acceptors (Lipinski definition) is 7. The van der Waals surface area contributed by atoms with Crippen molar-refractivity contribution in [1.29, 1.82) is 0 Å². The maximum atomic E-state index is 10.9. The van der Waals surface area contributed by atoms with Crippen molar-refractivity contribution < 1.29 is 14.3 Å². The van der Waals surface area contributed by atoms with Crippen LogP contribution in [-0.4, -0.2) is 21.5 Å². The zero-order valence-corrected chi connectivity index (χ0v) is 11.2. The van der Waals surface area contributed by atoms with Crippen molar-refractivity contribution in [2.24, 2.45) is 0 Å². The molecule has 0 fully saturated rings. The molecule has 0 aliphatic heterocycles. The molecular weight excluding hydrogens is 288 g/mol. The van der Waals surface area contributed by atoms with Crippen LogP contribution >= 0.6 is 0 Å². The number of carbonyl (C=O) groups is 1. The van der Waals surface area contributed by atoms with Crippen molar-refractivity contribution in [1.82, 2.24) is 10.3 Å². The molecule has 0 unspecified atom stereocenters. The molecule has 0 amide bonds. The lowest BCUT2D eigenvalue weighted by atomic mass is 10.1.